The molecule has 0 saturated heterocycles. The van der Waals surface area contributed by atoms with Gasteiger partial charge < -0.3 is 9.84 Å². The van der Waals surface area contributed by atoms with Gasteiger partial charge in [0.1, 0.15) is 12.4 Å². The van der Waals surface area contributed by atoms with Crippen molar-refractivity contribution in [2.45, 2.75) is 25.0 Å². The molecule has 0 radical (unpaired) electrons. The third kappa shape index (κ3) is 4.84. The lowest BCUT2D eigenvalue weighted by Crippen LogP contribution is -2.18. The summed E-state index contributed by atoms with van der Waals surface area (Å²) < 4.78 is 46.3. The highest BCUT2D eigenvalue weighted by Gasteiger charge is 2.23. The SMILES string of the molecule is Cc1c(CO)ccc(NS(=O)(=O)c2ccc(F)cc2)c1C(=O)OCc1ccccc1. The molecule has 0 aliphatic rings. The Morgan fingerprint density at radius 2 is 1.70 bits per heavy atom. The second-order valence-corrected chi connectivity index (χ2v) is 8.23. The lowest BCUT2D eigenvalue weighted by molar-refractivity contribution is 0.0473. The number of aliphatic hydroxyl groups is 1. The van der Waals surface area contributed by atoms with Gasteiger partial charge in [-0.3, -0.25) is 4.72 Å². The van der Waals surface area contributed by atoms with Crippen LogP contribution in [0.2, 0.25) is 0 Å². The van der Waals surface area contributed by atoms with Crippen molar-refractivity contribution in [1.82, 2.24) is 0 Å². The third-order valence-corrected chi connectivity index (χ3v) is 5.91. The Balaban J connectivity index is 1.93. The maximum Gasteiger partial charge on any atom is 0.340 e. The van der Waals surface area contributed by atoms with Crippen LogP contribution >= 0.6 is 0 Å². The second-order valence-electron chi connectivity index (χ2n) is 6.55. The zero-order valence-corrected chi connectivity index (χ0v) is 16.9. The van der Waals surface area contributed by atoms with Gasteiger partial charge in [-0.1, -0.05) is 36.4 Å². The number of hydrogen-bond acceptors (Lipinski definition) is 5. The molecule has 0 aromatic heterocycles. The first-order valence-corrected chi connectivity index (χ1v) is 10.5. The van der Waals surface area contributed by atoms with Gasteiger partial charge in [0.05, 0.1) is 22.8 Å². The molecular weight excluding hydrogens is 409 g/mol. The first kappa shape index (κ1) is 21.5. The molecule has 30 heavy (non-hydrogen) atoms. The van der Waals surface area contributed by atoms with E-state index in [0.29, 0.717) is 11.1 Å². The van der Waals surface area contributed by atoms with Crippen LogP contribution in [-0.4, -0.2) is 19.5 Å². The fourth-order valence-corrected chi connectivity index (χ4v) is 3.96. The van der Waals surface area contributed by atoms with E-state index >= 15 is 0 Å². The maximum atomic E-state index is 13.1. The molecule has 2 N–H and O–H groups in total. The van der Waals surface area contributed by atoms with E-state index in [1.807, 2.05) is 18.2 Å². The Morgan fingerprint density at radius 1 is 1.03 bits per heavy atom. The summed E-state index contributed by atoms with van der Waals surface area (Å²) in [5.74, 6) is -1.30. The minimum absolute atomic E-state index is 0.00293. The maximum absolute atomic E-state index is 13.1. The first-order valence-electron chi connectivity index (χ1n) is 9.04. The van der Waals surface area contributed by atoms with Crippen molar-refractivity contribution >= 4 is 21.7 Å². The third-order valence-electron chi connectivity index (χ3n) is 4.53. The standard InChI is InChI=1S/C22H20FNO5S/c1-15-17(13-25)7-12-20(24-30(27,28)19-10-8-18(23)9-11-19)21(15)22(26)29-14-16-5-3-2-4-6-16/h2-12,24-25H,13-14H2,1H3. The summed E-state index contributed by atoms with van der Waals surface area (Å²) in [5, 5.41) is 9.53. The Bertz CT molecular complexity index is 1150. The molecule has 0 atom stereocenters. The normalized spacial score (nSPS) is 11.2. The summed E-state index contributed by atoms with van der Waals surface area (Å²) >= 11 is 0. The van der Waals surface area contributed by atoms with Gasteiger partial charge >= 0.3 is 5.97 Å². The Labute approximate surface area is 174 Å². The van der Waals surface area contributed by atoms with E-state index in [9.17, 15) is 22.7 Å². The van der Waals surface area contributed by atoms with Gasteiger partial charge in [-0.2, -0.15) is 0 Å². The van der Waals surface area contributed by atoms with E-state index in [2.05, 4.69) is 4.72 Å². The van der Waals surface area contributed by atoms with Crippen molar-refractivity contribution in [3.63, 3.8) is 0 Å². The second kappa shape index (κ2) is 9.06. The zero-order valence-electron chi connectivity index (χ0n) is 16.1. The molecule has 3 aromatic rings. The first-order chi connectivity index (χ1) is 14.3. The van der Waals surface area contributed by atoms with Gasteiger partial charge in [-0.05, 0) is 53.9 Å². The number of carbonyl (C=O) groups excluding carboxylic acids is 1. The quantitative estimate of drug-likeness (QED) is 0.558. The molecular formula is C22H20FNO5S. The van der Waals surface area contributed by atoms with Crippen LogP contribution in [0, 0.1) is 12.7 Å². The lowest BCUT2D eigenvalue weighted by Gasteiger charge is -2.16. The Kier molecular flexibility index (Phi) is 6.49. The van der Waals surface area contributed by atoms with Gasteiger partial charge in [-0.15, -0.1) is 0 Å². The van der Waals surface area contributed by atoms with Crippen LogP contribution in [0.25, 0.3) is 0 Å². The Hall–Kier alpha value is -3.23. The number of hydrogen-bond donors (Lipinski definition) is 2. The summed E-state index contributed by atoms with van der Waals surface area (Å²) in [6.45, 7) is 1.28. The van der Waals surface area contributed by atoms with Gasteiger partial charge in [-0.25, -0.2) is 17.6 Å². The minimum atomic E-state index is -4.08. The minimum Gasteiger partial charge on any atom is -0.457 e. The van der Waals surface area contributed by atoms with Gasteiger partial charge in [0.25, 0.3) is 10.0 Å². The number of nitrogens with one attached hydrogen (secondary N) is 1. The van der Waals surface area contributed by atoms with Crippen LogP contribution in [0.5, 0.6) is 0 Å². The molecule has 0 spiro atoms. The average molecular weight is 429 g/mol. The van der Waals surface area contributed by atoms with E-state index in [4.69, 9.17) is 4.74 Å². The fourth-order valence-electron chi connectivity index (χ4n) is 2.89. The molecule has 0 heterocycles. The van der Waals surface area contributed by atoms with Crippen molar-refractivity contribution in [3.8, 4) is 0 Å². The van der Waals surface area contributed by atoms with Crippen molar-refractivity contribution in [2.24, 2.45) is 0 Å². The zero-order chi connectivity index (χ0) is 21.7. The molecule has 156 valence electrons. The van der Waals surface area contributed by atoms with Crippen LogP contribution < -0.4 is 4.72 Å². The van der Waals surface area contributed by atoms with Crippen LogP contribution in [0.15, 0.2) is 71.6 Å². The molecule has 0 saturated carbocycles. The van der Waals surface area contributed by atoms with Crippen molar-refractivity contribution < 1.29 is 27.4 Å². The predicted molar refractivity (Wildman–Crippen MR) is 110 cm³/mol. The highest BCUT2D eigenvalue weighted by Crippen LogP contribution is 2.27. The molecule has 0 bridgehead atoms. The largest absolute Gasteiger partial charge is 0.457 e. The Morgan fingerprint density at radius 3 is 2.33 bits per heavy atom. The summed E-state index contributed by atoms with van der Waals surface area (Å²) in [7, 11) is -4.08. The number of rotatable bonds is 7. The number of ether oxygens (including phenoxy) is 1. The van der Waals surface area contributed by atoms with E-state index in [1.54, 1.807) is 19.1 Å². The summed E-state index contributed by atoms with van der Waals surface area (Å²) in [6, 6.07) is 16.3. The number of carbonyl (C=O) groups is 1. The van der Waals surface area contributed by atoms with Crippen molar-refractivity contribution in [2.75, 3.05) is 4.72 Å². The molecule has 0 aliphatic carbocycles. The number of esters is 1. The van der Waals surface area contributed by atoms with Crippen molar-refractivity contribution in [3.05, 3.63) is 94.8 Å². The number of aliphatic hydroxyl groups excluding tert-OH is 1. The van der Waals surface area contributed by atoms with Gasteiger partial charge in [0, 0.05) is 0 Å². The fraction of sp³-hybridized carbons (Fsp3) is 0.136. The molecule has 0 fully saturated rings. The molecule has 0 unspecified atom stereocenters. The molecule has 0 amide bonds. The number of halogens is 1. The molecule has 0 aliphatic heterocycles. The average Bonchev–Trinajstić information content (AvgIpc) is 2.73. The van der Waals surface area contributed by atoms with Crippen molar-refractivity contribution in [1.29, 1.82) is 0 Å². The van der Waals surface area contributed by atoms with E-state index in [-0.39, 0.29) is 29.4 Å². The summed E-state index contributed by atoms with van der Waals surface area (Å²) in [6.07, 6.45) is 0. The number of sulfonamides is 1. The molecule has 6 nitrogen and oxygen atoms in total. The lowest BCUT2D eigenvalue weighted by atomic mass is 10.0. The highest BCUT2D eigenvalue weighted by atomic mass is 32.2. The highest BCUT2D eigenvalue weighted by molar-refractivity contribution is 7.92. The van der Waals surface area contributed by atoms with Crippen LogP contribution in [0.4, 0.5) is 10.1 Å². The van der Waals surface area contributed by atoms with E-state index < -0.39 is 21.8 Å². The molecule has 3 aromatic carbocycles. The molecule has 8 heteroatoms. The van der Waals surface area contributed by atoms with Gasteiger partial charge in [0.2, 0.25) is 0 Å². The number of anilines is 1. The smallest absolute Gasteiger partial charge is 0.340 e. The topological polar surface area (TPSA) is 92.7 Å². The summed E-state index contributed by atoms with van der Waals surface area (Å²) in [5.41, 5.74) is 1.65. The number of benzene rings is 3. The monoisotopic (exact) mass is 429 g/mol. The van der Waals surface area contributed by atoms with Gasteiger partial charge in [0.15, 0.2) is 0 Å². The summed E-state index contributed by atoms with van der Waals surface area (Å²) in [4.78, 5) is 12.7. The van der Waals surface area contributed by atoms with Crippen LogP contribution in [0.3, 0.4) is 0 Å². The molecule has 3 rings (SSSR count). The van der Waals surface area contributed by atoms with Crippen LogP contribution in [0.1, 0.15) is 27.0 Å². The van der Waals surface area contributed by atoms with E-state index in [0.717, 1.165) is 29.8 Å². The van der Waals surface area contributed by atoms with Crippen LogP contribution in [-0.2, 0) is 28.0 Å². The predicted octanol–water partition coefficient (Wildman–Crippen LogP) is 3.78. The van der Waals surface area contributed by atoms with E-state index in [1.165, 1.54) is 12.1 Å².